The smallest absolute Gasteiger partial charge is 0.251 e. The molecule has 1 aliphatic rings. The molecule has 0 spiro atoms. The summed E-state index contributed by atoms with van der Waals surface area (Å²) < 4.78 is 15.0. The summed E-state index contributed by atoms with van der Waals surface area (Å²) in [7, 11) is 3.29. The minimum absolute atomic E-state index is 0.0404. The predicted octanol–water partition coefficient (Wildman–Crippen LogP) is 3.79. The van der Waals surface area contributed by atoms with Crippen LogP contribution in [0.3, 0.4) is 0 Å². The van der Waals surface area contributed by atoms with E-state index in [0.717, 1.165) is 53.9 Å². The number of ether oxygens (including phenoxy) is 2. The Hall–Kier alpha value is -3.13. The van der Waals surface area contributed by atoms with Gasteiger partial charge in [-0.1, -0.05) is 12.1 Å². The van der Waals surface area contributed by atoms with Crippen LogP contribution in [0.1, 0.15) is 34.6 Å². The fourth-order valence-electron chi connectivity index (χ4n) is 3.82. The lowest BCUT2D eigenvalue weighted by molar-refractivity contribution is 0.0945. The molecule has 2 heterocycles. The largest absolute Gasteiger partial charge is 0.497 e. The number of amides is 1. The lowest BCUT2D eigenvalue weighted by Crippen LogP contribution is -2.38. The maximum Gasteiger partial charge on any atom is 0.251 e. The van der Waals surface area contributed by atoms with Gasteiger partial charge < -0.3 is 19.7 Å². The van der Waals surface area contributed by atoms with Crippen LogP contribution in [0.4, 0.5) is 5.13 Å². The fourth-order valence-corrected chi connectivity index (χ4v) is 4.56. The maximum absolute atomic E-state index is 12.4. The van der Waals surface area contributed by atoms with Crippen molar-refractivity contribution in [2.75, 3.05) is 38.8 Å². The fraction of sp³-hybridized carbons (Fsp3) is 0.375. The van der Waals surface area contributed by atoms with Crippen molar-refractivity contribution in [3.05, 3.63) is 65.5 Å². The second kappa shape index (κ2) is 10.5. The molecule has 1 fully saturated rings. The third-order valence-electron chi connectivity index (χ3n) is 5.74. The predicted molar refractivity (Wildman–Crippen MR) is 126 cm³/mol. The van der Waals surface area contributed by atoms with Gasteiger partial charge in [-0.3, -0.25) is 4.79 Å². The molecule has 7 nitrogen and oxygen atoms in total. The highest BCUT2D eigenvalue weighted by molar-refractivity contribution is 7.09. The van der Waals surface area contributed by atoms with Gasteiger partial charge in [0.1, 0.15) is 17.3 Å². The molecule has 0 bridgehead atoms. The Kier molecular flexibility index (Phi) is 7.21. The average molecular weight is 453 g/mol. The van der Waals surface area contributed by atoms with Gasteiger partial charge in [0.05, 0.1) is 14.2 Å². The summed E-state index contributed by atoms with van der Waals surface area (Å²) >= 11 is 1.46. The van der Waals surface area contributed by atoms with Crippen molar-refractivity contribution in [2.24, 2.45) is 5.92 Å². The number of rotatable bonds is 8. The first kappa shape index (κ1) is 22.1. The first-order valence-electron chi connectivity index (χ1n) is 10.8. The van der Waals surface area contributed by atoms with Gasteiger partial charge in [-0.05, 0) is 60.7 Å². The molecule has 0 atom stereocenters. The lowest BCUT2D eigenvalue weighted by atomic mass is 9.97. The molecule has 1 N–H and O–H groups in total. The molecule has 32 heavy (non-hydrogen) atoms. The minimum atomic E-state index is -0.0404. The van der Waals surface area contributed by atoms with Gasteiger partial charge in [0.25, 0.3) is 5.91 Å². The number of aromatic nitrogens is 2. The van der Waals surface area contributed by atoms with E-state index in [1.54, 1.807) is 38.5 Å². The van der Waals surface area contributed by atoms with E-state index < -0.39 is 0 Å². The molecule has 168 valence electrons. The number of piperidine rings is 1. The highest BCUT2D eigenvalue weighted by Gasteiger charge is 2.22. The summed E-state index contributed by atoms with van der Waals surface area (Å²) in [5.74, 6) is 2.86. The molecule has 0 aliphatic carbocycles. The van der Waals surface area contributed by atoms with Crippen LogP contribution >= 0.6 is 11.5 Å². The highest BCUT2D eigenvalue weighted by atomic mass is 32.1. The van der Waals surface area contributed by atoms with Crippen LogP contribution in [0.15, 0.2) is 48.5 Å². The van der Waals surface area contributed by atoms with Crippen molar-refractivity contribution in [3.8, 4) is 11.5 Å². The van der Waals surface area contributed by atoms with E-state index in [1.165, 1.54) is 11.5 Å². The molecular formula is C24H28N4O3S. The van der Waals surface area contributed by atoms with Gasteiger partial charge in [0.15, 0.2) is 0 Å². The van der Waals surface area contributed by atoms with Crippen LogP contribution in [0, 0.1) is 5.92 Å². The third-order valence-corrected chi connectivity index (χ3v) is 6.56. The highest BCUT2D eigenvalue weighted by Crippen LogP contribution is 2.25. The van der Waals surface area contributed by atoms with E-state index in [-0.39, 0.29) is 5.91 Å². The molecule has 2 aromatic carbocycles. The molecule has 0 radical (unpaired) electrons. The number of hydrogen-bond donors (Lipinski definition) is 1. The van der Waals surface area contributed by atoms with E-state index in [0.29, 0.717) is 24.4 Å². The SMILES string of the molecule is COc1ccc(C(=O)NCC2CCN(c3nc(Cc4cccc(OC)c4)ns3)CC2)cc1. The van der Waals surface area contributed by atoms with Crippen LogP contribution in [-0.4, -0.2) is 49.1 Å². The van der Waals surface area contributed by atoms with Gasteiger partial charge in [-0.15, -0.1) is 0 Å². The Balaban J connectivity index is 1.24. The normalized spacial score (nSPS) is 14.2. The number of carbonyl (C=O) groups excluding carboxylic acids is 1. The van der Waals surface area contributed by atoms with Crippen LogP contribution in [-0.2, 0) is 6.42 Å². The first-order chi connectivity index (χ1) is 15.6. The van der Waals surface area contributed by atoms with Crippen molar-refractivity contribution in [3.63, 3.8) is 0 Å². The van der Waals surface area contributed by atoms with Crippen LogP contribution < -0.4 is 19.7 Å². The summed E-state index contributed by atoms with van der Waals surface area (Å²) in [5.41, 5.74) is 1.79. The molecule has 0 saturated carbocycles. The molecule has 1 amide bonds. The topological polar surface area (TPSA) is 76.6 Å². The Bertz CT molecular complexity index is 1030. The Morgan fingerprint density at radius 3 is 2.56 bits per heavy atom. The Morgan fingerprint density at radius 2 is 1.84 bits per heavy atom. The quantitative estimate of drug-likeness (QED) is 0.560. The zero-order valence-electron chi connectivity index (χ0n) is 18.4. The molecule has 1 saturated heterocycles. The van der Waals surface area contributed by atoms with Crippen LogP contribution in [0.25, 0.3) is 0 Å². The van der Waals surface area contributed by atoms with Gasteiger partial charge in [0.2, 0.25) is 5.13 Å². The van der Waals surface area contributed by atoms with E-state index in [1.807, 2.05) is 18.2 Å². The number of carbonyl (C=O) groups is 1. The number of benzene rings is 2. The summed E-state index contributed by atoms with van der Waals surface area (Å²) in [6.45, 7) is 2.55. The number of methoxy groups -OCH3 is 2. The van der Waals surface area contributed by atoms with E-state index in [4.69, 9.17) is 14.5 Å². The number of nitrogens with one attached hydrogen (secondary N) is 1. The molecule has 3 aromatic rings. The molecule has 8 heteroatoms. The second-order valence-corrected chi connectivity index (χ2v) is 8.62. The van der Waals surface area contributed by atoms with Crippen molar-refractivity contribution in [1.82, 2.24) is 14.7 Å². The molecule has 4 rings (SSSR count). The molecule has 0 unspecified atom stereocenters. The number of anilines is 1. The minimum Gasteiger partial charge on any atom is -0.497 e. The monoisotopic (exact) mass is 452 g/mol. The van der Waals surface area contributed by atoms with Crippen LogP contribution in [0.2, 0.25) is 0 Å². The standard InChI is InChI=1S/C24H28N4O3S/c1-30-20-8-6-19(7-9-20)23(29)25-16-17-10-12-28(13-11-17)24-26-22(27-32-24)15-18-4-3-5-21(14-18)31-2/h3-9,14,17H,10-13,15-16H2,1-2H3,(H,25,29). The number of nitrogens with zero attached hydrogens (tertiary/aromatic N) is 3. The Labute approximate surface area is 192 Å². The molecule has 1 aliphatic heterocycles. The molecular weight excluding hydrogens is 424 g/mol. The maximum atomic E-state index is 12.4. The van der Waals surface area contributed by atoms with Crippen LogP contribution in [0.5, 0.6) is 11.5 Å². The van der Waals surface area contributed by atoms with Crippen molar-refractivity contribution in [1.29, 1.82) is 0 Å². The molecule has 1 aromatic heterocycles. The summed E-state index contributed by atoms with van der Waals surface area (Å²) in [4.78, 5) is 19.4. The van der Waals surface area contributed by atoms with Gasteiger partial charge >= 0.3 is 0 Å². The van der Waals surface area contributed by atoms with Gasteiger partial charge in [0, 0.05) is 43.2 Å². The van der Waals surface area contributed by atoms with Crippen molar-refractivity contribution >= 4 is 22.6 Å². The first-order valence-corrected chi connectivity index (χ1v) is 11.5. The van der Waals surface area contributed by atoms with Crippen molar-refractivity contribution < 1.29 is 14.3 Å². The van der Waals surface area contributed by atoms with Gasteiger partial charge in [-0.2, -0.15) is 4.37 Å². The summed E-state index contributed by atoms with van der Waals surface area (Å²) in [5, 5.41) is 4.04. The number of hydrogen-bond acceptors (Lipinski definition) is 7. The van der Waals surface area contributed by atoms with Crippen molar-refractivity contribution in [2.45, 2.75) is 19.3 Å². The Morgan fingerprint density at radius 1 is 1.09 bits per heavy atom. The summed E-state index contributed by atoms with van der Waals surface area (Å²) in [6.07, 6.45) is 2.74. The lowest BCUT2D eigenvalue weighted by Gasteiger charge is -2.31. The van der Waals surface area contributed by atoms with Gasteiger partial charge in [-0.25, -0.2) is 4.98 Å². The van der Waals surface area contributed by atoms with E-state index in [9.17, 15) is 4.79 Å². The van der Waals surface area contributed by atoms with E-state index in [2.05, 4.69) is 20.7 Å². The third kappa shape index (κ3) is 5.56. The zero-order chi connectivity index (χ0) is 22.3. The van der Waals surface area contributed by atoms with E-state index >= 15 is 0 Å². The zero-order valence-corrected chi connectivity index (χ0v) is 19.2. The average Bonchev–Trinajstić information content (AvgIpc) is 3.31. The second-order valence-electron chi connectivity index (χ2n) is 7.89. The summed E-state index contributed by atoms with van der Waals surface area (Å²) in [6, 6.07) is 15.2.